The highest BCUT2D eigenvalue weighted by Crippen LogP contribution is 2.24. The lowest BCUT2D eigenvalue weighted by molar-refractivity contribution is 0.0279. The lowest BCUT2D eigenvalue weighted by Gasteiger charge is -2.09. The second-order valence-corrected chi connectivity index (χ2v) is 5.46. The van der Waals surface area contributed by atoms with Crippen molar-refractivity contribution < 1.29 is 23.5 Å². The van der Waals surface area contributed by atoms with E-state index in [4.69, 9.17) is 13.9 Å². The summed E-state index contributed by atoms with van der Waals surface area (Å²) in [5.74, 6) is 0.685. The molecule has 0 N–H and O–H groups in total. The van der Waals surface area contributed by atoms with E-state index in [1.54, 1.807) is 50.4 Å². The van der Waals surface area contributed by atoms with Crippen LogP contribution >= 0.6 is 0 Å². The third-order valence-corrected chi connectivity index (χ3v) is 3.69. The van der Waals surface area contributed by atoms with Gasteiger partial charge in [0.2, 0.25) is 5.89 Å². The number of aldehydes is 1. The van der Waals surface area contributed by atoms with E-state index in [0.29, 0.717) is 23.3 Å². The predicted molar refractivity (Wildman–Crippen MR) is 91.9 cm³/mol. The highest BCUT2D eigenvalue weighted by Gasteiger charge is 2.20. The summed E-state index contributed by atoms with van der Waals surface area (Å²) in [6.07, 6.45) is -0.00982. The van der Waals surface area contributed by atoms with Gasteiger partial charge in [-0.3, -0.25) is 4.79 Å². The van der Waals surface area contributed by atoms with Gasteiger partial charge in [-0.2, -0.15) is 0 Å². The van der Waals surface area contributed by atoms with Gasteiger partial charge in [-0.15, -0.1) is 10.2 Å². The second-order valence-electron chi connectivity index (χ2n) is 5.46. The molecule has 0 aliphatic rings. The minimum atomic E-state index is -0.715. The Bertz CT molecular complexity index is 900. The number of carbonyl (C=O) groups is 2. The van der Waals surface area contributed by atoms with E-state index in [1.165, 1.54) is 12.1 Å². The molecule has 1 atom stereocenters. The quantitative estimate of drug-likeness (QED) is 0.495. The number of nitrogens with zero attached hydrogens (tertiary/aromatic N) is 2. The standard InChI is InChI=1S/C19H16N2O5/c1-12(25-19(23)15-5-3-13(11-22)4-6-15)17-20-21-18(26-17)14-7-9-16(24-2)10-8-14/h3-12H,1-2H3/t12-/m1/s1. The summed E-state index contributed by atoms with van der Waals surface area (Å²) in [6, 6.07) is 13.3. The molecular weight excluding hydrogens is 336 g/mol. The predicted octanol–water partition coefficient (Wildman–Crippen LogP) is 3.48. The van der Waals surface area contributed by atoms with Crippen molar-refractivity contribution in [1.29, 1.82) is 0 Å². The van der Waals surface area contributed by atoms with Gasteiger partial charge in [0, 0.05) is 11.1 Å². The van der Waals surface area contributed by atoms with E-state index < -0.39 is 12.1 Å². The topological polar surface area (TPSA) is 91.5 Å². The van der Waals surface area contributed by atoms with Crippen LogP contribution in [0.25, 0.3) is 11.5 Å². The molecule has 0 amide bonds. The Morgan fingerprint density at radius 2 is 1.77 bits per heavy atom. The van der Waals surface area contributed by atoms with Gasteiger partial charge >= 0.3 is 5.97 Å². The van der Waals surface area contributed by atoms with Crippen molar-refractivity contribution in [3.8, 4) is 17.2 Å². The van der Waals surface area contributed by atoms with Crippen molar-refractivity contribution in [2.45, 2.75) is 13.0 Å². The normalized spacial score (nSPS) is 11.6. The Balaban J connectivity index is 1.69. The maximum Gasteiger partial charge on any atom is 0.338 e. The summed E-state index contributed by atoms with van der Waals surface area (Å²) in [4.78, 5) is 22.8. The molecule has 0 radical (unpaired) electrons. The molecule has 132 valence electrons. The number of benzene rings is 2. The first-order chi connectivity index (χ1) is 12.6. The maximum absolute atomic E-state index is 12.2. The molecule has 0 saturated heterocycles. The van der Waals surface area contributed by atoms with E-state index in [9.17, 15) is 9.59 Å². The van der Waals surface area contributed by atoms with Crippen LogP contribution in [0.3, 0.4) is 0 Å². The van der Waals surface area contributed by atoms with Crippen LogP contribution in [0, 0.1) is 0 Å². The fourth-order valence-electron chi connectivity index (χ4n) is 2.23. The van der Waals surface area contributed by atoms with Crippen LogP contribution in [0.4, 0.5) is 0 Å². The van der Waals surface area contributed by atoms with Gasteiger partial charge in [-0.1, -0.05) is 12.1 Å². The average Bonchev–Trinajstić information content (AvgIpc) is 3.18. The summed E-state index contributed by atoms with van der Waals surface area (Å²) in [7, 11) is 1.59. The van der Waals surface area contributed by atoms with Crippen LogP contribution in [0.15, 0.2) is 52.9 Å². The Kier molecular flexibility index (Phi) is 5.07. The van der Waals surface area contributed by atoms with E-state index in [2.05, 4.69) is 10.2 Å². The molecule has 7 nitrogen and oxygen atoms in total. The van der Waals surface area contributed by atoms with Gasteiger partial charge in [0.25, 0.3) is 5.89 Å². The summed E-state index contributed by atoms with van der Waals surface area (Å²) >= 11 is 0. The zero-order chi connectivity index (χ0) is 18.5. The van der Waals surface area contributed by atoms with Gasteiger partial charge in [0.15, 0.2) is 6.10 Å². The number of hydrogen-bond acceptors (Lipinski definition) is 7. The minimum Gasteiger partial charge on any atom is -0.497 e. The number of methoxy groups -OCH3 is 1. The molecule has 3 aromatic rings. The Hall–Kier alpha value is -3.48. The van der Waals surface area contributed by atoms with Crippen molar-refractivity contribution in [2.75, 3.05) is 7.11 Å². The van der Waals surface area contributed by atoms with Gasteiger partial charge in [0.1, 0.15) is 12.0 Å². The molecule has 1 heterocycles. The number of hydrogen-bond donors (Lipinski definition) is 0. The van der Waals surface area contributed by atoms with Gasteiger partial charge in [0.05, 0.1) is 12.7 Å². The Morgan fingerprint density at radius 1 is 1.08 bits per heavy atom. The molecule has 7 heteroatoms. The Labute approximate surface area is 149 Å². The number of carbonyl (C=O) groups excluding carboxylic acids is 2. The zero-order valence-corrected chi connectivity index (χ0v) is 14.2. The summed E-state index contributed by atoms with van der Waals surface area (Å²) < 4.78 is 16.0. The molecule has 0 bridgehead atoms. The van der Waals surface area contributed by atoms with Gasteiger partial charge < -0.3 is 13.9 Å². The SMILES string of the molecule is COc1ccc(-c2nnc([C@@H](C)OC(=O)c3ccc(C=O)cc3)o2)cc1. The molecule has 1 aromatic heterocycles. The lowest BCUT2D eigenvalue weighted by atomic mass is 10.1. The highest BCUT2D eigenvalue weighted by molar-refractivity contribution is 5.90. The van der Waals surface area contributed by atoms with E-state index in [1.807, 2.05) is 0 Å². The van der Waals surface area contributed by atoms with Gasteiger partial charge in [-0.25, -0.2) is 4.79 Å². The molecular formula is C19H16N2O5. The third kappa shape index (κ3) is 3.77. The molecule has 2 aromatic carbocycles. The van der Waals surface area contributed by atoms with Gasteiger partial charge in [-0.05, 0) is 43.3 Å². The lowest BCUT2D eigenvalue weighted by Crippen LogP contribution is -2.09. The number of aromatic nitrogens is 2. The fraction of sp³-hybridized carbons (Fsp3) is 0.158. The fourth-order valence-corrected chi connectivity index (χ4v) is 2.23. The van der Waals surface area contributed by atoms with Crippen LogP contribution in [0.2, 0.25) is 0 Å². The summed E-state index contributed by atoms with van der Waals surface area (Å²) in [5, 5.41) is 7.92. The van der Waals surface area contributed by atoms with Crippen molar-refractivity contribution in [2.24, 2.45) is 0 Å². The molecule has 3 rings (SSSR count). The van der Waals surface area contributed by atoms with Crippen LogP contribution < -0.4 is 4.74 Å². The molecule has 0 unspecified atom stereocenters. The first-order valence-electron chi connectivity index (χ1n) is 7.84. The Morgan fingerprint density at radius 3 is 2.38 bits per heavy atom. The molecule has 0 spiro atoms. The first kappa shape index (κ1) is 17.3. The van der Waals surface area contributed by atoms with Crippen molar-refractivity contribution in [1.82, 2.24) is 10.2 Å². The first-order valence-corrected chi connectivity index (χ1v) is 7.84. The zero-order valence-electron chi connectivity index (χ0n) is 14.2. The number of esters is 1. The van der Waals surface area contributed by atoms with E-state index >= 15 is 0 Å². The molecule has 0 saturated carbocycles. The van der Waals surface area contributed by atoms with E-state index in [0.717, 1.165) is 11.3 Å². The molecule has 26 heavy (non-hydrogen) atoms. The second kappa shape index (κ2) is 7.60. The summed E-state index contributed by atoms with van der Waals surface area (Å²) in [5.41, 5.74) is 1.54. The van der Waals surface area contributed by atoms with Crippen LogP contribution in [-0.2, 0) is 4.74 Å². The average molecular weight is 352 g/mol. The summed E-state index contributed by atoms with van der Waals surface area (Å²) in [6.45, 7) is 1.64. The maximum atomic E-state index is 12.2. The molecule has 0 fully saturated rings. The third-order valence-electron chi connectivity index (χ3n) is 3.69. The smallest absolute Gasteiger partial charge is 0.338 e. The number of ether oxygens (including phenoxy) is 2. The molecule has 0 aliphatic carbocycles. The highest BCUT2D eigenvalue weighted by atomic mass is 16.6. The van der Waals surface area contributed by atoms with E-state index in [-0.39, 0.29) is 5.89 Å². The number of rotatable bonds is 6. The van der Waals surface area contributed by atoms with Crippen molar-refractivity contribution in [3.63, 3.8) is 0 Å². The largest absolute Gasteiger partial charge is 0.497 e. The van der Waals surface area contributed by atoms with Crippen LogP contribution in [-0.4, -0.2) is 29.6 Å². The van der Waals surface area contributed by atoms with Crippen LogP contribution in [0.1, 0.15) is 39.6 Å². The van der Waals surface area contributed by atoms with Crippen molar-refractivity contribution >= 4 is 12.3 Å². The molecule has 0 aliphatic heterocycles. The monoisotopic (exact) mass is 352 g/mol. The van der Waals surface area contributed by atoms with Crippen molar-refractivity contribution in [3.05, 3.63) is 65.5 Å². The van der Waals surface area contributed by atoms with Crippen LogP contribution in [0.5, 0.6) is 5.75 Å². The minimum absolute atomic E-state index is 0.189.